The van der Waals surface area contributed by atoms with E-state index in [1.165, 1.54) is 31.2 Å². The van der Waals surface area contributed by atoms with Crippen molar-refractivity contribution in [3.05, 3.63) is 28.5 Å². The number of halogens is 1. The van der Waals surface area contributed by atoms with Crippen LogP contribution >= 0.6 is 15.9 Å². The number of nitrogens with zero attached hydrogens (tertiary/aromatic N) is 1. The average Bonchev–Trinajstić information content (AvgIpc) is 3.28. The molecule has 104 valence electrons. The third-order valence-electron chi connectivity index (χ3n) is 4.42. The van der Waals surface area contributed by atoms with Crippen molar-refractivity contribution >= 4 is 15.9 Å². The van der Waals surface area contributed by atoms with Crippen molar-refractivity contribution in [3.63, 3.8) is 0 Å². The molecule has 0 amide bonds. The van der Waals surface area contributed by atoms with Gasteiger partial charge in [-0.3, -0.25) is 4.98 Å². The Morgan fingerprint density at radius 3 is 2.47 bits per heavy atom. The summed E-state index contributed by atoms with van der Waals surface area (Å²) in [5.74, 6) is 2.85. The zero-order chi connectivity index (χ0) is 13.2. The van der Waals surface area contributed by atoms with Crippen molar-refractivity contribution in [2.24, 2.45) is 23.5 Å². The van der Waals surface area contributed by atoms with E-state index >= 15 is 0 Å². The summed E-state index contributed by atoms with van der Waals surface area (Å²) in [5.41, 5.74) is 7.10. The van der Waals surface area contributed by atoms with E-state index < -0.39 is 0 Å². The Labute approximate surface area is 123 Å². The minimum absolute atomic E-state index is 0.227. The first-order valence-corrected chi connectivity index (χ1v) is 8.11. The third-order valence-corrected chi connectivity index (χ3v) is 4.85. The molecule has 1 atom stereocenters. The first kappa shape index (κ1) is 13.5. The van der Waals surface area contributed by atoms with Crippen molar-refractivity contribution in [1.29, 1.82) is 0 Å². The molecule has 1 heterocycles. The van der Waals surface area contributed by atoms with Gasteiger partial charge in [0.25, 0.3) is 0 Å². The summed E-state index contributed by atoms with van der Waals surface area (Å²) in [6.45, 7) is 1.74. The largest absolute Gasteiger partial charge is 0.329 e. The fourth-order valence-corrected chi connectivity index (χ4v) is 3.38. The predicted octanol–water partition coefficient (Wildman–Crippen LogP) is 2.87. The summed E-state index contributed by atoms with van der Waals surface area (Å²) in [4.78, 5) is 4.23. The minimum Gasteiger partial charge on any atom is -0.329 e. The Morgan fingerprint density at radius 1 is 1.26 bits per heavy atom. The van der Waals surface area contributed by atoms with Crippen LogP contribution in [0.15, 0.2) is 22.9 Å². The number of hydrogen-bond donors (Lipinski definition) is 2. The van der Waals surface area contributed by atoms with Gasteiger partial charge in [-0.25, -0.2) is 0 Å². The number of pyridine rings is 1. The minimum atomic E-state index is 0.227. The molecule has 2 aliphatic rings. The molecule has 0 bridgehead atoms. The van der Waals surface area contributed by atoms with E-state index in [-0.39, 0.29) is 6.04 Å². The van der Waals surface area contributed by atoms with Gasteiger partial charge in [-0.15, -0.1) is 0 Å². The molecule has 1 unspecified atom stereocenters. The van der Waals surface area contributed by atoms with Crippen LogP contribution in [0.4, 0.5) is 0 Å². The fourth-order valence-electron chi connectivity index (χ4n) is 3.00. The van der Waals surface area contributed by atoms with Crippen molar-refractivity contribution in [2.45, 2.75) is 31.7 Å². The molecule has 1 aromatic heterocycles. The molecule has 3 rings (SSSR count). The summed E-state index contributed by atoms with van der Waals surface area (Å²) in [6.07, 6.45) is 9.49. The lowest BCUT2D eigenvalue weighted by molar-refractivity contribution is 0.357. The number of hydrogen-bond acceptors (Lipinski definition) is 3. The Kier molecular flexibility index (Phi) is 4.20. The van der Waals surface area contributed by atoms with Crippen LogP contribution in [0.2, 0.25) is 0 Å². The van der Waals surface area contributed by atoms with Gasteiger partial charge in [-0.2, -0.15) is 0 Å². The smallest absolute Gasteiger partial charge is 0.0460 e. The highest BCUT2D eigenvalue weighted by molar-refractivity contribution is 9.10. The van der Waals surface area contributed by atoms with Gasteiger partial charge in [0.1, 0.15) is 0 Å². The highest BCUT2D eigenvalue weighted by Gasteiger charge is 2.41. The zero-order valence-corrected chi connectivity index (χ0v) is 12.8. The van der Waals surface area contributed by atoms with Crippen molar-refractivity contribution in [3.8, 4) is 0 Å². The number of nitrogens with two attached hydrogens (primary N) is 1. The molecule has 1 aromatic rings. The van der Waals surface area contributed by atoms with E-state index in [4.69, 9.17) is 5.73 Å². The summed E-state index contributed by atoms with van der Waals surface area (Å²) in [7, 11) is 0. The Hall–Kier alpha value is -0.450. The van der Waals surface area contributed by atoms with E-state index in [2.05, 4.69) is 32.3 Å². The van der Waals surface area contributed by atoms with Gasteiger partial charge in [-0.1, -0.05) is 0 Å². The van der Waals surface area contributed by atoms with Gasteiger partial charge in [0.2, 0.25) is 0 Å². The van der Waals surface area contributed by atoms with E-state index in [1.54, 1.807) is 0 Å². The van der Waals surface area contributed by atoms with Gasteiger partial charge in [0.05, 0.1) is 0 Å². The summed E-state index contributed by atoms with van der Waals surface area (Å²) in [5, 5.41) is 3.67. The Balaban J connectivity index is 1.59. The first-order valence-electron chi connectivity index (χ1n) is 7.32. The lowest BCUT2D eigenvalue weighted by atomic mass is 9.97. The maximum atomic E-state index is 5.92. The Morgan fingerprint density at radius 2 is 1.95 bits per heavy atom. The average molecular weight is 324 g/mol. The van der Waals surface area contributed by atoms with Crippen LogP contribution in [0.3, 0.4) is 0 Å². The van der Waals surface area contributed by atoms with Gasteiger partial charge < -0.3 is 11.1 Å². The Bertz CT molecular complexity index is 417. The van der Waals surface area contributed by atoms with Gasteiger partial charge in [-0.05, 0) is 77.5 Å². The second kappa shape index (κ2) is 5.90. The lowest BCUT2D eigenvalue weighted by Gasteiger charge is -2.22. The van der Waals surface area contributed by atoms with Crippen LogP contribution in [0.5, 0.6) is 0 Å². The lowest BCUT2D eigenvalue weighted by Crippen LogP contribution is -2.33. The molecule has 19 heavy (non-hydrogen) atoms. The monoisotopic (exact) mass is 323 g/mol. The first-order chi connectivity index (χ1) is 9.28. The molecule has 2 fully saturated rings. The van der Waals surface area contributed by atoms with E-state index in [0.717, 1.165) is 28.8 Å². The number of nitrogens with one attached hydrogen (secondary N) is 1. The van der Waals surface area contributed by atoms with E-state index in [1.807, 2.05) is 12.4 Å². The second-order valence-corrected chi connectivity index (χ2v) is 6.89. The maximum absolute atomic E-state index is 5.92. The van der Waals surface area contributed by atoms with Crippen molar-refractivity contribution < 1.29 is 0 Å². The summed E-state index contributed by atoms with van der Waals surface area (Å²) >= 11 is 3.48. The highest BCUT2D eigenvalue weighted by Crippen LogP contribution is 2.48. The highest BCUT2D eigenvalue weighted by atomic mass is 79.9. The normalized spacial score (nSPS) is 20.8. The fraction of sp³-hybridized carbons (Fsp3) is 0.667. The quantitative estimate of drug-likeness (QED) is 0.811. The number of aromatic nitrogens is 1. The molecule has 0 saturated heterocycles. The molecular weight excluding hydrogens is 302 g/mol. The van der Waals surface area contributed by atoms with Gasteiger partial charge >= 0.3 is 0 Å². The van der Waals surface area contributed by atoms with Crippen LogP contribution in [0.1, 0.15) is 37.3 Å². The second-order valence-electron chi connectivity index (χ2n) is 5.97. The molecule has 2 saturated carbocycles. The molecule has 2 aliphatic carbocycles. The molecule has 0 spiro atoms. The standard InChI is InChI=1S/C15H22BrN3/c16-13-5-12(7-18-8-13)15(6-17)19-9-14(10-1-2-10)11-3-4-11/h5,7-8,10-11,14-15,19H,1-4,6,9,17H2. The van der Waals surface area contributed by atoms with Crippen LogP contribution in [0.25, 0.3) is 0 Å². The molecule has 4 heteroatoms. The van der Waals surface area contributed by atoms with Crippen LogP contribution in [-0.2, 0) is 0 Å². The predicted molar refractivity (Wildman–Crippen MR) is 80.7 cm³/mol. The van der Waals surface area contributed by atoms with Gasteiger partial charge in [0.15, 0.2) is 0 Å². The summed E-state index contributed by atoms with van der Waals surface area (Å²) in [6, 6.07) is 2.34. The van der Waals surface area contributed by atoms with Crippen molar-refractivity contribution in [2.75, 3.05) is 13.1 Å². The van der Waals surface area contributed by atoms with E-state index in [0.29, 0.717) is 6.54 Å². The topological polar surface area (TPSA) is 50.9 Å². The third kappa shape index (κ3) is 3.56. The molecule has 0 radical (unpaired) electrons. The van der Waals surface area contributed by atoms with E-state index in [9.17, 15) is 0 Å². The van der Waals surface area contributed by atoms with Gasteiger partial charge in [0, 0.05) is 29.5 Å². The van der Waals surface area contributed by atoms with Crippen LogP contribution < -0.4 is 11.1 Å². The molecule has 3 N–H and O–H groups in total. The SMILES string of the molecule is NCC(NCC(C1CC1)C1CC1)c1cncc(Br)c1. The van der Waals surface area contributed by atoms with Crippen LogP contribution in [0, 0.1) is 17.8 Å². The summed E-state index contributed by atoms with van der Waals surface area (Å²) < 4.78 is 1.02. The molecule has 0 aliphatic heterocycles. The van der Waals surface area contributed by atoms with Crippen LogP contribution in [-0.4, -0.2) is 18.1 Å². The number of rotatable bonds is 7. The van der Waals surface area contributed by atoms with Crippen molar-refractivity contribution in [1.82, 2.24) is 10.3 Å². The molecule has 3 nitrogen and oxygen atoms in total. The molecule has 0 aromatic carbocycles. The zero-order valence-electron chi connectivity index (χ0n) is 11.2. The molecular formula is C15H22BrN3. The maximum Gasteiger partial charge on any atom is 0.0460 e.